The predicted molar refractivity (Wildman–Crippen MR) is 69.3 cm³/mol. The Balaban J connectivity index is 2.71. The lowest BCUT2D eigenvalue weighted by Gasteiger charge is -2.17. The van der Waals surface area contributed by atoms with Gasteiger partial charge in [0, 0.05) is 5.38 Å². The minimum Gasteiger partial charge on any atom is -0.467 e. The fraction of sp³-hybridized carbons (Fsp3) is 0.545. The van der Waals surface area contributed by atoms with Gasteiger partial charge in [-0.1, -0.05) is 13.8 Å². The SMILES string of the molecule is COC(=O)C(CC(C)C)NC(=O)c1csc(N)n1. The molecule has 0 saturated carbocycles. The molecule has 0 aromatic carbocycles. The largest absolute Gasteiger partial charge is 0.467 e. The molecule has 1 unspecified atom stereocenters. The predicted octanol–water partition coefficient (Wildman–Crippen LogP) is 1.04. The van der Waals surface area contributed by atoms with Crippen LogP contribution in [-0.2, 0) is 9.53 Å². The Morgan fingerprint density at radius 1 is 1.56 bits per heavy atom. The molecule has 0 aliphatic heterocycles. The zero-order chi connectivity index (χ0) is 13.7. The normalized spacial score (nSPS) is 12.2. The summed E-state index contributed by atoms with van der Waals surface area (Å²) in [4.78, 5) is 27.2. The molecule has 7 heteroatoms. The van der Waals surface area contributed by atoms with Crippen LogP contribution in [0.3, 0.4) is 0 Å². The lowest BCUT2D eigenvalue weighted by molar-refractivity contribution is -0.143. The monoisotopic (exact) mass is 271 g/mol. The number of hydrogen-bond acceptors (Lipinski definition) is 6. The van der Waals surface area contributed by atoms with Gasteiger partial charge in [-0.3, -0.25) is 4.79 Å². The van der Waals surface area contributed by atoms with Gasteiger partial charge in [0.2, 0.25) is 0 Å². The molecule has 0 spiro atoms. The average molecular weight is 271 g/mol. The number of nitrogens with one attached hydrogen (secondary N) is 1. The number of nitrogens with two attached hydrogens (primary N) is 1. The zero-order valence-electron chi connectivity index (χ0n) is 10.6. The minimum absolute atomic E-state index is 0.218. The van der Waals surface area contributed by atoms with Gasteiger partial charge in [-0.25, -0.2) is 9.78 Å². The Hall–Kier alpha value is -1.63. The molecule has 1 rings (SSSR count). The van der Waals surface area contributed by atoms with E-state index in [1.54, 1.807) is 5.38 Å². The Morgan fingerprint density at radius 2 is 2.22 bits per heavy atom. The van der Waals surface area contributed by atoms with E-state index in [1.165, 1.54) is 18.4 Å². The minimum atomic E-state index is -0.662. The van der Waals surface area contributed by atoms with E-state index in [0.29, 0.717) is 11.6 Å². The summed E-state index contributed by atoms with van der Waals surface area (Å²) in [6, 6.07) is -0.662. The molecule has 1 aromatic rings. The first-order chi connectivity index (χ1) is 8.43. The molecule has 0 aliphatic carbocycles. The van der Waals surface area contributed by atoms with Crippen LogP contribution in [0.15, 0.2) is 5.38 Å². The number of thiazole rings is 1. The lowest BCUT2D eigenvalue weighted by Crippen LogP contribution is -2.42. The van der Waals surface area contributed by atoms with Gasteiger partial charge in [-0.05, 0) is 12.3 Å². The highest BCUT2D eigenvalue weighted by Crippen LogP contribution is 2.12. The number of esters is 1. The van der Waals surface area contributed by atoms with E-state index >= 15 is 0 Å². The van der Waals surface area contributed by atoms with Gasteiger partial charge < -0.3 is 15.8 Å². The fourth-order valence-electron chi connectivity index (χ4n) is 1.45. The summed E-state index contributed by atoms with van der Waals surface area (Å²) < 4.78 is 4.66. The van der Waals surface area contributed by atoms with Gasteiger partial charge in [0.1, 0.15) is 11.7 Å². The van der Waals surface area contributed by atoms with Crippen molar-refractivity contribution in [2.24, 2.45) is 5.92 Å². The molecule has 0 aliphatic rings. The highest BCUT2D eigenvalue weighted by Gasteiger charge is 2.23. The second-order valence-electron chi connectivity index (χ2n) is 4.25. The van der Waals surface area contributed by atoms with Crippen molar-refractivity contribution in [2.45, 2.75) is 26.3 Å². The molecule has 1 aromatic heterocycles. The topological polar surface area (TPSA) is 94.3 Å². The number of carbonyl (C=O) groups is 2. The highest BCUT2D eigenvalue weighted by molar-refractivity contribution is 7.13. The molecule has 100 valence electrons. The molecule has 0 bridgehead atoms. The van der Waals surface area contributed by atoms with E-state index in [0.717, 1.165) is 0 Å². The molecule has 1 heterocycles. The smallest absolute Gasteiger partial charge is 0.328 e. The quantitative estimate of drug-likeness (QED) is 0.780. The summed E-state index contributed by atoms with van der Waals surface area (Å²) in [7, 11) is 1.29. The summed E-state index contributed by atoms with van der Waals surface area (Å²) in [5.74, 6) is -0.617. The number of nitrogens with zero attached hydrogens (tertiary/aromatic N) is 1. The van der Waals surface area contributed by atoms with Gasteiger partial charge in [-0.2, -0.15) is 0 Å². The first-order valence-corrected chi connectivity index (χ1v) is 6.41. The van der Waals surface area contributed by atoms with Crippen LogP contribution in [0.1, 0.15) is 30.8 Å². The molecule has 3 N–H and O–H groups in total. The van der Waals surface area contributed by atoms with Crippen molar-refractivity contribution in [3.8, 4) is 0 Å². The number of ether oxygens (including phenoxy) is 1. The summed E-state index contributed by atoms with van der Waals surface area (Å²) in [5.41, 5.74) is 5.67. The summed E-state index contributed by atoms with van der Waals surface area (Å²) in [5, 5.41) is 4.47. The summed E-state index contributed by atoms with van der Waals surface area (Å²) in [6.07, 6.45) is 0.512. The first kappa shape index (κ1) is 14.4. The van der Waals surface area contributed by atoms with Gasteiger partial charge in [-0.15, -0.1) is 11.3 Å². The van der Waals surface area contributed by atoms with Crippen molar-refractivity contribution >= 4 is 28.3 Å². The fourth-order valence-corrected chi connectivity index (χ4v) is 1.99. The van der Waals surface area contributed by atoms with E-state index in [2.05, 4.69) is 15.0 Å². The molecule has 0 fully saturated rings. The number of anilines is 1. The number of methoxy groups -OCH3 is 1. The van der Waals surface area contributed by atoms with Crippen molar-refractivity contribution in [2.75, 3.05) is 12.8 Å². The molecule has 1 atom stereocenters. The molecular weight excluding hydrogens is 254 g/mol. The van der Waals surface area contributed by atoms with Crippen molar-refractivity contribution in [1.29, 1.82) is 0 Å². The highest BCUT2D eigenvalue weighted by atomic mass is 32.1. The van der Waals surface area contributed by atoms with Gasteiger partial charge in [0.05, 0.1) is 7.11 Å². The number of carbonyl (C=O) groups excluding carboxylic acids is 2. The van der Waals surface area contributed by atoms with Gasteiger partial charge >= 0.3 is 5.97 Å². The number of amides is 1. The molecule has 6 nitrogen and oxygen atoms in total. The van der Waals surface area contributed by atoms with E-state index in [-0.39, 0.29) is 11.6 Å². The van der Waals surface area contributed by atoms with Crippen molar-refractivity contribution in [1.82, 2.24) is 10.3 Å². The zero-order valence-corrected chi connectivity index (χ0v) is 11.4. The van der Waals surface area contributed by atoms with E-state index < -0.39 is 17.9 Å². The first-order valence-electron chi connectivity index (χ1n) is 5.53. The van der Waals surface area contributed by atoms with Crippen LogP contribution in [0, 0.1) is 5.92 Å². The maximum atomic E-state index is 11.8. The summed E-state index contributed by atoms with van der Waals surface area (Å²) in [6.45, 7) is 3.92. The Bertz CT molecular complexity index is 431. The third-order valence-corrected chi connectivity index (χ3v) is 2.93. The maximum absolute atomic E-state index is 11.8. The number of hydrogen-bond donors (Lipinski definition) is 2. The molecule has 1 amide bonds. The Kier molecular flexibility index (Phi) is 5.08. The van der Waals surface area contributed by atoms with Crippen LogP contribution < -0.4 is 11.1 Å². The number of aromatic nitrogens is 1. The maximum Gasteiger partial charge on any atom is 0.328 e. The summed E-state index contributed by atoms with van der Waals surface area (Å²) >= 11 is 1.18. The molecule has 0 radical (unpaired) electrons. The van der Waals surface area contributed by atoms with E-state index in [1.807, 2.05) is 13.8 Å². The van der Waals surface area contributed by atoms with Crippen molar-refractivity contribution < 1.29 is 14.3 Å². The number of nitrogen functional groups attached to an aromatic ring is 1. The molecular formula is C11H17N3O3S. The van der Waals surface area contributed by atoms with Crippen LogP contribution in [0.2, 0.25) is 0 Å². The van der Waals surface area contributed by atoms with Crippen LogP contribution in [-0.4, -0.2) is 30.0 Å². The molecule has 0 saturated heterocycles. The van der Waals surface area contributed by atoms with E-state index in [4.69, 9.17) is 5.73 Å². The second kappa shape index (κ2) is 6.34. The van der Waals surface area contributed by atoms with Crippen LogP contribution >= 0.6 is 11.3 Å². The molecule has 18 heavy (non-hydrogen) atoms. The van der Waals surface area contributed by atoms with E-state index in [9.17, 15) is 9.59 Å². The Morgan fingerprint density at radius 3 is 2.67 bits per heavy atom. The van der Waals surface area contributed by atoms with Crippen molar-refractivity contribution in [3.05, 3.63) is 11.1 Å². The van der Waals surface area contributed by atoms with Crippen LogP contribution in [0.25, 0.3) is 0 Å². The van der Waals surface area contributed by atoms with Gasteiger partial charge in [0.15, 0.2) is 5.13 Å². The average Bonchev–Trinajstić information content (AvgIpc) is 2.73. The Labute approximate surface area is 110 Å². The standard InChI is InChI=1S/C11H17N3O3S/c1-6(2)4-7(10(16)17-3)13-9(15)8-5-18-11(12)14-8/h5-7H,4H2,1-3H3,(H2,12,14)(H,13,15). The van der Waals surface area contributed by atoms with Crippen LogP contribution in [0.5, 0.6) is 0 Å². The second-order valence-corrected chi connectivity index (χ2v) is 5.14. The van der Waals surface area contributed by atoms with Crippen molar-refractivity contribution in [3.63, 3.8) is 0 Å². The number of rotatable bonds is 5. The third kappa shape index (κ3) is 3.99. The van der Waals surface area contributed by atoms with Gasteiger partial charge in [0.25, 0.3) is 5.91 Å². The van der Waals surface area contributed by atoms with Crippen LogP contribution in [0.4, 0.5) is 5.13 Å². The third-order valence-electron chi connectivity index (χ3n) is 2.25. The lowest BCUT2D eigenvalue weighted by atomic mass is 10.0.